The number of nitro benzene ring substituents is 1. The molecule has 1 aromatic carbocycles. The molecule has 0 bridgehead atoms. The molecule has 0 unspecified atom stereocenters. The standard InChI is InChI=1S/C15H6N4O3S2/c16-7-9(8-17)5-11-2-4-14(22-11)24-15-18-12-3-1-10(19(20)21)6-13(12)23-15/h1-6H. The van der Waals surface area contributed by atoms with Crippen molar-refractivity contribution in [1.29, 1.82) is 10.5 Å². The molecular formula is C15H6N4O3S2. The molecule has 0 spiro atoms. The fourth-order valence-electron chi connectivity index (χ4n) is 1.83. The molecule has 116 valence electrons. The molecule has 24 heavy (non-hydrogen) atoms. The van der Waals surface area contributed by atoms with Crippen molar-refractivity contribution >= 4 is 45.1 Å². The zero-order chi connectivity index (χ0) is 17.1. The fraction of sp³-hybridized carbons (Fsp3) is 0. The van der Waals surface area contributed by atoms with Crippen molar-refractivity contribution in [1.82, 2.24) is 4.98 Å². The predicted octanol–water partition coefficient (Wildman–Crippen LogP) is 4.38. The molecule has 0 aliphatic rings. The van der Waals surface area contributed by atoms with Gasteiger partial charge >= 0.3 is 0 Å². The number of fused-ring (bicyclic) bond motifs is 1. The Kier molecular flexibility index (Phi) is 4.29. The molecule has 0 saturated carbocycles. The minimum absolute atomic E-state index is 0.0219. The van der Waals surface area contributed by atoms with E-state index in [1.54, 1.807) is 30.3 Å². The van der Waals surface area contributed by atoms with E-state index in [2.05, 4.69) is 4.98 Å². The molecule has 2 heterocycles. The van der Waals surface area contributed by atoms with Gasteiger partial charge in [-0.05, 0) is 30.0 Å². The number of benzene rings is 1. The van der Waals surface area contributed by atoms with Gasteiger partial charge < -0.3 is 4.42 Å². The number of furan rings is 1. The lowest BCUT2D eigenvalue weighted by molar-refractivity contribution is -0.384. The zero-order valence-electron chi connectivity index (χ0n) is 11.8. The van der Waals surface area contributed by atoms with Gasteiger partial charge in [0.05, 0.1) is 15.1 Å². The Bertz CT molecular complexity index is 1040. The van der Waals surface area contributed by atoms with E-state index < -0.39 is 4.92 Å². The first-order valence-electron chi connectivity index (χ1n) is 6.43. The van der Waals surface area contributed by atoms with Crippen LogP contribution in [0.25, 0.3) is 16.3 Å². The van der Waals surface area contributed by atoms with E-state index in [4.69, 9.17) is 14.9 Å². The average Bonchev–Trinajstić information content (AvgIpc) is 3.17. The van der Waals surface area contributed by atoms with Gasteiger partial charge in [-0.25, -0.2) is 4.98 Å². The topological polar surface area (TPSA) is 117 Å². The highest BCUT2D eigenvalue weighted by Crippen LogP contribution is 2.36. The van der Waals surface area contributed by atoms with Crippen LogP contribution in [0.1, 0.15) is 5.76 Å². The minimum Gasteiger partial charge on any atom is -0.450 e. The Hall–Kier alpha value is -3.14. The van der Waals surface area contributed by atoms with E-state index in [0.29, 0.717) is 20.7 Å². The van der Waals surface area contributed by atoms with Crippen LogP contribution in [0.15, 0.2) is 49.8 Å². The van der Waals surface area contributed by atoms with Crippen LogP contribution in [-0.4, -0.2) is 9.91 Å². The second kappa shape index (κ2) is 6.54. The summed E-state index contributed by atoms with van der Waals surface area (Å²) in [4.78, 5) is 14.7. The van der Waals surface area contributed by atoms with Gasteiger partial charge in [-0.3, -0.25) is 10.1 Å². The molecule has 0 saturated heterocycles. The third-order valence-electron chi connectivity index (χ3n) is 2.88. The van der Waals surface area contributed by atoms with Crippen molar-refractivity contribution in [2.45, 2.75) is 9.43 Å². The molecule has 0 atom stereocenters. The van der Waals surface area contributed by atoms with Crippen LogP contribution < -0.4 is 0 Å². The van der Waals surface area contributed by atoms with Crippen molar-refractivity contribution < 1.29 is 9.34 Å². The molecule has 0 N–H and O–H groups in total. The number of allylic oxidation sites excluding steroid dienone is 1. The molecule has 0 radical (unpaired) electrons. The summed E-state index contributed by atoms with van der Waals surface area (Å²) in [6, 6.07) is 11.4. The van der Waals surface area contributed by atoms with E-state index in [0.717, 1.165) is 4.70 Å². The maximum atomic E-state index is 10.8. The summed E-state index contributed by atoms with van der Waals surface area (Å²) in [6.45, 7) is 0. The van der Waals surface area contributed by atoms with Gasteiger partial charge in [-0.15, -0.1) is 11.3 Å². The van der Waals surface area contributed by atoms with Crippen LogP contribution in [0.3, 0.4) is 0 Å². The van der Waals surface area contributed by atoms with Gasteiger partial charge in [0, 0.05) is 18.2 Å². The van der Waals surface area contributed by atoms with Crippen LogP contribution in [0.2, 0.25) is 0 Å². The summed E-state index contributed by atoms with van der Waals surface area (Å²) < 4.78 is 6.92. The predicted molar refractivity (Wildman–Crippen MR) is 88.3 cm³/mol. The van der Waals surface area contributed by atoms with Gasteiger partial charge in [0.15, 0.2) is 9.43 Å². The normalized spacial score (nSPS) is 10.1. The Morgan fingerprint density at radius 2 is 2.12 bits per heavy atom. The monoisotopic (exact) mass is 354 g/mol. The van der Waals surface area contributed by atoms with Gasteiger partial charge in [0.1, 0.15) is 23.5 Å². The number of nitrogens with zero attached hydrogens (tertiary/aromatic N) is 4. The maximum absolute atomic E-state index is 10.8. The van der Waals surface area contributed by atoms with Crippen LogP contribution in [0.5, 0.6) is 0 Å². The Labute approximate surface area is 143 Å². The van der Waals surface area contributed by atoms with Gasteiger partial charge in [0.25, 0.3) is 5.69 Å². The van der Waals surface area contributed by atoms with Crippen molar-refractivity contribution in [3.63, 3.8) is 0 Å². The highest BCUT2D eigenvalue weighted by Gasteiger charge is 2.12. The van der Waals surface area contributed by atoms with Crippen molar-refractivity contribution in [2.75, 3.05) is 0 Å². The number of hydrogen-bond acceptors (Lipinski definition) is 8. The van der Waals surface area contributed by atoms with Crippen LogP contribution in [-0.2, 0) is 0 Å². The van der Waals surface area contributed by atoms with E-state index in [1.165, 1.54) is 41.3 Å². The lowest BCUT2D eigenvalue weighted by atomic mass is 10.3. The number of nitriles is 2. The number of hydrogen-bond donors (Lipinski definition) is 0. The molecular weight excluding hydrogens is 348 g/mol. The first-order chi connectivity index (χ1) is 11.6. The largest absolute Gasteiger partial charge is 0.450 e. The average molecular weight is 354 g/mol. The highest BCUT2D eigenvalue weighted by atomic mass is 32.2. The van der Waals surface area contributed by atoms with E-state index in [9.17, 15) is 10.1 Å². The Balaban J connectivity index is 1.84. The van der Waals surface area contributed by atoms with E-state index in [-0.39, 0.29) is 11.3 Å². The second-order valence-corrected chi connectivity index (χ2v) is 6.71. The molecule has 3 aromatic rings. The third-order valence-corrected chi connectivity index (χ3v) is 4.88. The molecule has 0 amide bonds. The summed E-state index contributed by atoms with van der Waals surface area (Å²) in [5.41, 5.74) is 0.651. The summed E-state index contributed by atoms with van der Waals surface area (Å²) in [6.07, 6.45) is 1.35. The van der Waals surface area contributed by atoms with Gasteiger partial charge in [-0.2, -0.15) is 10.5 Å². The number of aromatic nitrogens is 1. The lowest BCUT2D eigenvalue weighted by Crippen LogP contribution is -1.85. The highest BCUT2D eigenvalue weighted by molar-refractivity contribution is 8.01. The van der Waals surface area contributed by atoms with E-state index >= 15 is 0 Å². The SMILES string of the molecule is N#CC(C#N)=Cc1ccc(Sc2nc3ccc([N+](=O)[O-])cc3s2)o1. The van der Waals surface area contributed by atoms with Gasteiger partial charge in [0.2, 0.25) is 0 Å². The zero-order valence-corrected chi connectivity index (χ0v) is 13.4. The minimum atomic E-state index is -0.445. The second-order valence-electron chi connectivity index (χ2n) is 4.43. The number of rotatable bonds is 4. The third kappa shape index (κ3) is 3.27. The van der Waals surface area contributed by atoms with Crippen LogP contribution in [0.4, 0.5) is 5.69 Å². The summed E-state index contributed by atoms with van der Waals surface area (Å²) in [5, 5.41) is 28.8. The van der Waals surface area contributed by atoms with E-state index in [1.807, 2.05) is 0 Å². The van der Waals surface area contributed by atoms with Crippen molar-refractivity contribution in [2.24, 2.45) is 0 Å². The quantitative estimate of drug-likeness (QED) is 0.387. The van der Waals surface area contributed by atoms with Crippen LogP contribution >= 0.6 is 23.1 Å². The molecule has 2 aromatic heterocycles. The first kappa shape index (κ1) is 15.7. The molecule has 7 nitrogen and oxygen atoms in total. The summed E-state index contributed by atoms with van der Waals surface area (Å²) in [5.74, 6) is 0.396. The molecule has 0 aliphatic heterocycles. The molecule has 0 fully saturated rings. The first-order valence-corrected chi connectivity index (χ1v) is 8.07. The van der Waals surface area contributed by atoms with Crippen LogP contribution in [0, 0.1) is 32.8 Å². The molecule has 0 aliphatic carbocycles. The summed E-state index contributed by atoms with van der Waals surface area (Å²) >= 11 is 2.59. The summed E-state index contributed by atoms with van der Waals surface area (Å²) in [7, 11) is 0. The molecule has 3 rings (SSSR count). The van der Waals surface area contributed by atoms with Crippen molar-refractivity contribution in [3.8, 4) is 12.1 Å². The number of non-ortho nitro benzene ring substituents is 1. The Morgan fingerprint density at radius 3 is 2.83 bits per heavy atom. The lowest BCUT2D eigenvalue weighted by Gasteiger charge is -1.90. The molecule has 9 heteroatoms. The smallest absolute Gasteiger partial charge is 0.270 e. The fourth-order valence-corrected chi connectivity index (χ4v) is 3.84. The number of thiazole rings is 1. The maximum Gasteiger partial charge on any atom is 0.270 e. The van der Waals surface area contributed by atoms with Crippen molar-refractivity contribution in [3.05, 3.63) is 51.8 Å². The number of nitro groups is 1. The van der Waals surface area contributed by atoms with Gasteiger partial charge in [-0.1, -0.05) is 0 Å². The Morgan fingerprint density at radius 1 is 1.33 bits per heavy atom.